The highest BCUT2D eigenvalue weighted by Crippen LogP contribution is 2.47. The van der Waals surface area contributed by atoms with E-state index >= 15 is 0 Å². The van der Waals surface area contributed by atoms with Crippen molar-refractivity contribution in [3.8, 4) is 0 Å². The molecule has 0 aromatic rings. The van der Waals surface area contributed by atoms with Gasteiger partial charge in [0.2, 0.25) is 0 Å². The molecule has 0 radical (unpaired) electrons. The van der Waals surface area contributed by atoms with Crippen LogP contribution in [-0.2, 0) is 32.7 Å². The Balaban J connectivity index is 2.74. The minimum Gasteiger partial charge on any atom is -0.462 e. The van der Waals surface area contributed by atoms with Crippen molar-refractivity contribution in [1.82, 2.24) is 0 Å². The Morgan fingerprint density at radius 2 is 1.31 bits per heavy atom. The first kappa shape index (κ1) is 31.9. The van der Waals surface area contributed by atoms with E-state index in [2.05, 4.69) is 0 Å². The predicted octanol–water partition coefficient (Wildman–Crippen LogP) is -0.0777. The minimum atomic E-state index is -5.06. The van der Waals surface area contributed by atoms with Crippen LogP contribution in [0.3, 0.4) is 0 Å². The first-order valence-corrected chi connectivity index (χ1v) is 13.3. The summed E-state index contributed by atoms with van der Waals surface area (Å²) in [4.78, 5) is 34.0. The molecule has 0 saturated heterocycles. The van der Waals surface area contributed by atoms with E-state index in [0.29, 0.717) is 12.8 Å². The van der Waals surface area contributed by atoms with Crippen molar-refractivity contribution in [3.05, 3.63) is 0 Å². The average molecular weight is 531 g/mol. The van der Waals surface area contributed by atoms with Crippen molar-refractivity contribution in [2.24, 2.45) is 0 Å². The molecule has 0 amide bonds. The number of phosphoric ester groups is 1. The number of aliphatic hydroxyl groups is 5. The lowest BCUT2D eigenvalue weighted by Gasteiger charge is -2.41. The number of aliphatic hydroxyl groups excluding tert-OH is 5. The van der Waals surface area contributed by atoms with E-state index in [-0.39, 0.29) is 12.8 Å². The maximum absolute atomic E-state index is 12.4. The number of ether oxygens (including phenoxy) is 2. The lowest BCUT2D eigenvalue weighted by Crippen LogP contribution is -2.64. The molecule has 6 unspecified atom stereocenters. The third-order valence-electron chi connectivity index (χ3n) is 5.45. The zero-order valence-electron chi connectivity index (χ0n) is 20.1. The van der Waals surface area contributed by atoms with Crippen molar-refractivity contribution >= 4 is 19.8 Å². The van der Waals surface area contributed by atoms with E-state index in [1.165, 1.54) is 0 Å². The number of hydrogen-bond acceptors (Lipinski definition) is 12. The molecule has 13 nitrogen and oxygen atoms in total. The summed E-state index contributed by atoms with van der Waals surface area (Å²) in [6, 6.07) is 0. The van der Waals surface area contributed by atoms with E-state index in [4.69, 9.17) is 18.5 Å². The first-order valence-electron chi connectivity index (χ1n) is 11.8. The van der Waals surface area contributed by atoms with Crippen LogP contribution in [0.2, 0.25) is 0 Å². The molecule has 0 aliphatic heterocycles. The molecule has 0 heterocycles. The molecule has 6 N–H and O–H groups in total. The molecule has 1 rings (SSSR count). The van der Waals surface area contributed by atoms with Gasteiger partial charge in [-0.05, 0) is 12.8 Å². The number of unbranched alkanes of at least 4 members (excludes halogenated alkanes) is 4. The van der Waals surface area contributed by atoms with Gasteiger partial charge >= 0.3 is 19.8 Å². The third-order valence-corrected chi connectivity index (χ3v) is 6.43. The number of esters is 2. The summed E-state index contributed by atoms with van der Waals surface area (Å²) < 4.78 is 32.2. The predicted molar refractivity (Wildman–Crippen MR) is 120 cm³/mol. The van der Waals surface area contributed by atoms with Crippen LogP contribution in [0.15, 0.2) is 0 Å². The Bertz CT molecular complexity index is 674. The Labute approximate surface area is 204 Å². The fourth-order valence-corrected chi connectivity index (χ4v) is 4.29. The molecule has 0 aromatic carbocycles. The van der Waals surface area contributed by atoms with Crippen LogP contribution < -0.4 is 0 Å². The van der Waals surface area contributed by atoms with Gasteiger partial charge in [0.25, 0.3) is 0 Å². The molecule has 1 fully saturated rings. The third kappa shape index (κ3) is 11.2. The second-order valence-corrected chi connectivity index (χ2v) is 9.90. The smallest absolute Gasteiger partial charge is 0.462 e. The Morgan fingerprint density at radius 3 is 1.89 bits per heavy atom. The maximum Gasteiger partial charge on any atom is 0.472 e. The molecule has 0 spiro atoms. The van der Waals surface area contributed by atoms with Crippen LogP contribution in [0, 0.1) is 0 Å². The topological polar surface area (TPSA) is 210 Å². The van der Waals surface area contributed by atoms with E-state index in [9.17, 15) is 44.6 Å². The fraction of sp³-hybridized carbons (Fsp3) is 0.905. The van der Waals surface area contributed by atoms with Gasteiger partial charge in [0, 0.05) is 12.8 Å². The van der Waals surface area contributed by atoms with Crippen molar-refractivity contribution < 1.29 is 63.1 Å². The van der Waals surface area contributed by atoms with Crippen LogP contribution in [0.5, 0.6) is 0 Å². The molecule has 1 aliphatic rings. The fourth-order valence-electron chi connectivity index (χ4n) is 3.32. The molecule has 206 valence electrons. The second-order valence-electron chi connectivity index (χ2n) is 8.50. The standard InChI is InChI=1S/C21H39O13P/c1-3-5-7-8-10-15(23)33-13(11-31-14(22)9-6-4-2)12-32-35(29,30)34-21-19(27)17(25)16(24)18(26)20(21)28/h13,16-21,24-28H,3-12H2,1-2H3,(H,29,30). The summed E-state index contributed by atoms with van der Waals surface area (Å²) in [5.41, 5.74) is 0. The molecule has 14 heteroatoms. The van der Waals surface area contributed by atoms with Crippen LogP contribution in [0.4, 0.5) is 0 Å². The quantitative estimate of drug-likeness (QED) is 0.0877. The molecule has 0 aromatic heterocycles. The first-order chi connectivity index (χ1) is 16.4. The molecule has 1 aliphatic carbocycles. The van der Waals surface area contributed by atoms with Crippen molar-refractivity contribution in [3.63, 3.8) is 0 Å². The molecular weight excluding hydrogens is 491 g/mol. The van der Waals surface area contributed by atoms with Gasteiger partial charge in [0.15, 0.2) is 6.10 Å². The Kier molecular flexibility index (Phi) is 14.4. The highest BCUT2D eigenvalue weighted by atomic mass is 31.2. The van der Waals surface area contributed by atoms with Gasteiger partial charge in [-0.3, -0.25) is 18.6 Å². The zero-order valence-corrected chi connectivity index (χ0v) is 21.0. The van der Waals surface area contributed by atoms with Crippen LogP contribution >= 0.6 is 7.82 Å². The molecule has 1 saturated carbocycles. The van der Waals surface area contributed by atoms with Crippen molar-refractivity contribution in [1.29, 1.82) is 0 Å². The van der Waals surface area contributed by atoms with Crippen LogP contribution in [0.25, 0.3) is 0 Å². The summed E-state index contributed by atoms with van der Waals surface area (Å²) in [7, 11) is -5.06. The van der Waals surface area contributed by atoms with E-state index < -0.39 is 75.7 Å². The monoisotopic (exact) mass is 530 g/mol. The summed E-state index contributed by atoms with van der Waals surface area (Å²) in [6.45, 7) is 2.73. The number of phosphoric acid groups is 1. The summed E-state index contributed by atoms with van der Waals surface area (Å²) in [5, 5.41) is 49.0. The van der Waals surface area contributed by atoms with Gasteiger partial charge in [-0.25, -0.2) is 4.57 Å². The van der Waals surface area contributed by atoms with E-state index in [1.54, 1.807) is 0 Å². The summed E-state index contributed by atoms with van der Waals surface area (Å²) in [6.07, 6.45) is -8.23. The number of carbonyl (C=O) groups excluding carboxylic acids is 2. The van der Waals surface area contributed by atoms with Gasteiger partial charge in [0.05, 0.1) is 6.61 Å². The van der Waals surface area contributed by atoms with E-state index in [1.807, 2.05) is 13.8 Å². The summed E-state index contributed by atoms with van der Waals surface area (Å²) >= 11 is 0. The van der Waals surface area contributed by atoms with Gasteiger partial charge in [-0.15, -0.1) is 0 Å². The SMILES string of the molecule is CCCCCCC(=O)OC(COC(=O)CCCC)COP(=O)(O)OC1C(O)C(O)C(O)C(O)C1O. The minimum absolute atomic E-state index is 0.0894. The van der Waals surface area contributed by atoms with Crippen molar-refractivity contribution in [2.45, 2.75) is 108 Å². The van der Waals surface area contributed by atoms with Gasteiger partial charge < -0.3 is 39.9 Å². The van der Waals surface area contributed by atoms with Gasteiger partial charge in [0.1, 0.15) is 43.2 Å². The lowest BCUT2D eigenvalue weighted by atomic mass is 9.85. The molecular formula is C21H39O13P. The molecule has 6 atom stereocenters. The number of rotatable bonds is 16. The van der Waals surface area contributed by atoms with Gasteiger partial charge in [-0.1, -0.05) is 39.5 Å². The zero-order chi connectivity index (χ0) is 26.6. The maximum atomic E-state index is 12.4. The normalized spacial score (nSPS) is 29.3. The molecule has 35 heavy (non-hydrogen) atoms. The number of carbonyl (C=O) groups is 2. The van der Waals surface area contributed by atoms with Crippen LogP contribution in [-0.4, -0.2) is 98.3 Å². The number of hydrogen-bond donors (Lipinski definition) is 6. The Morgan fingerprint density at radius 1 is 0.771 bits per heavy atom. The van der Waals surface area contributed by atoms with E-state index in [0.717, 1.165) is 25.7 Å². The average Bonchev–Trinajstić information content (AvgIpc) is 2.82. The highest BCUT2D eigenvalue weighted by Gasteiger charge is 2.51. The highest BCUT2D eigenvalue weighted by molar-refractivity contribution is 7.47. The summed E-state index contributed by atoms with van der Waals surface area (Å²) in [5.74, 6) is -1.17. The van der Waals surface area contributed by atoms with Crippen LogP contribution in [0.1, 0.15) is 65.2 Å². The second kappa shape index (κ2) is 15.9. The Hall–Kier alpha value is -1.15. The lowest BCUT2D eigenvalue weighted by molar-refractivity contribution is -0.220. The molecule has 0 bridgehead atoms. The van der Waals surface area contributed by atoms with Crippen molar-refractivity contribution in [2.75, 3.05) is 13.2 Å². The van der Waals surface area contributed by atoms with Gasteiger partial charge in [-0.2, -0.15) is 0 Å². The largest absolute Gasteiger partial charge is 0.472 e.